The van der Waals surface area contributed by atoms with Crippen molar-refractivity contribution in [3.8, 4) is 0 Å². The highest BCUT2D eigenvalue weighted by Gasteiger charge is 2.41. The quantitative estimate of drug-likeness (QED) is 0.813. The number of hydrogen-bond acceptors (Lipinski definition) is 4. The Hall–Kier alpha value is -1.89. The molecule has 1 aromatic carbocycles. The first-order chi connectivity index (χ1) is 11.8. The van der Waals surface area contributed by atoms with E-state index in [0.29, 0.717) is 18.7 Å². The second-order valence-electron chi connectivity index (χ2n) is 6.97. The second kappa shape index (κ2) is 6.78. The van der Waals surface area contributed by atoms with Crippen molar-refractivity contribution in [2.75, 3.05) is 25.9 Å². The Morgan fingerprint density at radius 1 is 1.16 bits per heavy atom. The molecule has 3 saturated heterocycles. The van der Waals surface area contributed by atoms with Crippen molar-refractivity contribution < 1.29 is 18.0 Å². The number of hydrogen-bond donors (Lipinski definition) is 0. The van der Waals surface area contributed by atoms with E-state index < -0.39 is 9.84 Å². The summed E-state index contributed by atoms with van der Waals surface area (Å²) in [5.74, 6) is -0.0894. The van der Waals surface area contributed by atoms with Crippen LogP contribution in [0.1, 0.15) is 36.5 Å². The lowest BCUT2D eigenvalue weighted by molar-refractivity contribution is -0.139. The monoisotopic (exact) mass is 364 g/mol. The molecule has 3 heterocycles. The van der Waals surface area contributed by atoms with E-state index in [-0.39, 0.29) is 28.7 Å². The van der Waals surface area contributed by atoms with Gasteiger partial charge in [-0.25, -0.2) is 8.42 Å². The molecule has 0 N–H and O–H groups in total. The summed E-state index contributed by atoms with van der Waals surface area (Å²) in [6.45, 7) is 3.79. The molecule has 3 aliphatic heterocycles. The number of carbonyl (C=O) groups excluding carboxylic acids is 2. The summed E-state index contributed by atoms with van der Waals surface area (Å²) in [7, 11) is -3.28. The first-order valence-electron chi connectivity index (χ1n) is 8.71. The smallest absolute Gasteiger partial charge is 0.253 e. The van der Waals surface area contributed by atoms with Crippen LogP contribution in [0.15, 0.2) is 29.2 Å². The van der Waals surface area contributed by atoms with Crippen LogP contribution in [-0.2, 0) is 14.6 Å². The number of fused-ring (bicyclic) bond motifs is 4. The van der Waals surface area contributed by atoms with E-state index in [1.54, 1.807) is 17.0 Å². The molecule has 0 aromatic heterocycles. The van der Waals surface area contributed by atoms with Gasteiger partial charge in [-0.2, -0.15) is 0 Å². The maximum absolute atomic E-state index is 12.9. The minimum Gasteiger partial charge on any atom is -0.338 e. The summed E-state index contributed by atoms with van der Waals surface area (Å²) >= 11 is 0. The first-order valence-corrected chi connectivity index (χ1v) is 10.6. The molecule has 1 aromatic rings. The van der Waals surface area contributed by atoms with Crippen molar-refractivity contribution in [3.05, 3.63) is 29.8 Å². The van der Waals surface area contributed by atoms with Crippen LogP contribution in [0, 0.1) is 5.92 Å². The zero-order valence-corrected chi connectivity index (χ0v) is 15.5. The number of rotatable bonds is 4. The SMILES string of the molecule is CCCN1C(=O)[C@H]2CC[C@@H]1CN(C(=O)c1ccc(S(C)(=O)=O)cc1)C2. The van der Waals surface area contributed by atoms with E-state index in [4.69, 9.17) is 0 Å². The van der Waals surface area contributed by atoms with E-state index in [2.05, 4.69) is 6.92 Å². The molecule has 0 spiro atoms. The highest BCUT2D eigenvalue weighted by molar-refractivity contribution is 7.90. The van der Waals surface area contributed by atoms with Gasteiger partial charge in [0, 0.05) is 37.5 Å². The van der Waals surface area contributed by atoms with Crippen molar-refractivity contribution in [2.45, 2.75) is 37.1 Å². The average Bonchev–Trinajstić information content (AvgIpc) is 2.86. The number of amides is 2. The van der Waals surface area contributed by atoms with Crippen LogP contribution >= 0.6 is 0 Å². The highest BCUT2D eigenvalue weighted by Crippen LogP contribution is 2.30. The molecule has 7 heteroatoms. The van der Waals surface area contributed by atoms with Gasteiger partial charge in [0.2, 0.25) is 5.91 Å². The largest absolute Gasteiger partial charge is 0.338 e. The van der Waals surface area contributed by atoms with Crippen molar-refractivity contribution in [1.82, 2.24) is 9.80 Å². The van der Waals surface area contributed by atoms with Gasteiger partial charge in [0.15, 0.2) is 9.84 Å². The fourth-order valence-electron chi connectivity index (χ4n) is 3.77. The van der Waals surface area contributed by atoms with Crippen LogP contribution in [0.4, 0.5) is 0 Å². The average molecular weight is 364 g/mol. The predicted octanol–water partition coefficient (Wildman–Crippen LogP) is 1.56. The summed E-state index contributed by atoms with van der Waals surface area (Å²) in [5.41, 5.74) is 0.461. The van der Waals surface area contributed by atoms with Gasteiger partial charge in [-0.05, 0) is 43.5 Å². The van der Waals surface area contributed by atoms with E-state index in [0.717, 1.165) is 32.1 Å². The Labute approximate surface area is 148 Å². The molecule has 0 unspecified atom stereocenters. The van der Waals surface area contributed by atoms with E-state index in [1.807, 2.05) is 4.90 Å². The van der Waals surface area contributed by atoms with Gasteiger partial charge in [0.05, 0.1) is 10.8 Å². The van der Waals surface area contributed by atoms with E-state index in [1.165, 1.54) is 12.1 Å². The molecule has 2 bridgehead atoms. The van der Waals surface area contributed by atoms with Crippen LogP contribution in [0.25, 0.3) is 0 Å². The molecule has 0 saturated carbocycles. The Bertz CT molecular complexity index is 773. The van der Waals surface area contributed by atoms with Gasteiger partial charge >= 0.3 is 0 Å². The van der Waals surface area contributed by atoms with Gasteiger partial charge in [0.25, 0.3) is 5.91 Å². The topological polar surface area (TPSA) is 74.8 Å². The minimum atomic E-state index is -3.28. The number of nitrogens with zero attached hydrogens (tertiary/aromatic N) is 2. The van der Waals surface area contributed by atoms with Crippen molar-refractivity contribution in [1.29, 1.82) is 0 Å². The van der Waals surface area contributed by atoms with Crippen LogP contribution in [0.3, 0.4) is 0 Å². The number of sulfone groups is 1. The normalized spacial score (nSPS) is 23.7. The molecule has 0 aliphatic carbocycles. The van der Waals surface area contributed by atoms with Crippen LogP contribution in [0.2, 0.25) is 0 Å². The highest BCUT2D eigenvalue weighted by atomic mass is 32.2. The molecule has 3 fully saturated rings. The third-order valence-electron chi connectivity index (χ3n) is 5.07. The molecule has 0 radical (unpaired) electrons. The number of benzene rings is 1. The Morgan fingerprint density at radius 3 is 2.44 bits per heavy atom. The zero-order valence-electron chi connectivity index (χ0n) is 14.6. The van der Waals surface area contributed by atoms with Gasteiger partial charge < -0.3 is 9.80 Å². The number of carbonyl (C=O) groups is 2. The maximum Gasteiger partial charge on any atom is 0.253 e. The third-order valence-corrected chi connectivity index (χ3v) is 6.20. The Kier molecular flexibility index (Phi) is 4.86. The molecule has 4 rings (SSSR count). The molecular weight excluding hydrogens is 340 g/mol. The molecule has 25 heavy (non-hydrogen) atoms. The molecule has 3 aliphatic rings. The molecule has 2 atom stereocenters. The Balaban J connectivity index is 1.80. The first kappa shape index (κ1) is 17.9. The Morgan fingerprint density at radius 2 is 1.84 bits per heavy atom. The van der Waals surface area contributed by atoms with Crippen LogP contribution in [0.5, 0.6) is 0 Å². The summed E-state index contributed by atoms with van der Waals surface area (Å²) in [6, 6.07) is 6.12. The zero-order chi connectivity index (χ0) is 18.2. The lowest BCUT2D eigenvalue weighted by Crippen LogP contribution is -2.48. The molecular formula is C18H24N2O4S. The fraction of sp³-hybridized carbons (Fsp3) is 0.556. The van der Waals surface area contributed by atoms with Crippen LogP contribution in [-0.4, -0.2) is 62.0 Å². The van der Waals surface area contributed by atoms with Gasteiger partial charge in [-0.1, -0.05) is 6.92 Å². The lowest BCUT2D eigenvalue weighted by Gasteiger charge is -2.35. The van der Waals surface area contributed by atoms with Crippen molar-refractivity contribution in [2.24, 2.45) is 5.92 Å². The van der Waals surface area contributed by atoms with Gasteiger partial charge in [-0.15, -0.1) is 0 Å². The van der Waals surface area contributed by atoms with Crippen molar-refractivity contribution >= 4 is 21.7 Å². The summed E-state index contributed by atoms with van der Waals surface area (Å²) < 4.78 is 23.1. The molecule has 2 amide bonds. The summed E-state index contributed by atoms with van der Waals surface area (Å²) in [5, 5.41) is 0. The molecule has 136 valence electrons. The van der Waals surface area contributed by atoms with Gasteiger partial charge in [-0.3, -0.25) is 9.59 Å². The number of piperidine rings is 1. The fourth-order valence-corrected chi connectivity index (χ4v) is 4.40. The standard InChI is InChI=1S/C18H24N2O4S/c1-3-10-20-15-7-4-14(18(20)22)11-19(12-15)17(21)13-5-8-16(9-6-13)25(2,23)24/h5-6,8-9,14-15H,3-4,7,10-12H2,1-2H3/t14-,15+/m0/s1. The second-order valence-corrected chi connectivity index (χ2v) is 8.98. The maximum atomic E-state index is 12.9. The van der Waals surface area contributed by atoms with Crippen molar-refractivity contribution in [3.63, 3.8) is 0 Å². The van der Waals surface area contributed by atoms with E-state index >= 15 is 0 Å². The van der Waals surface area contributed by atoms with Crippen LogP contribution < -0.4 is 0 Å². The lowest BCUT2D eigenvalue weighted by atomic mass is 9.94. The predicted molar refractivity (Wildman–Crippen MR) is 94.0 cm³/mol. The minimum absolute atomic E-state index is 0.0884. The van der Waals surface area contributed by atoms with E-state index in [9.17, 15) is 18.0 Å². The summed E-state index contributed by atoms with van der Waals surface area (Å²) in [4.78, 5) is 29.3. The summed E-state index contributed by atoms with van der Waals surface area (Å²) in [6.07, 6.45) is 3.83. The van der Waals surface area contributed by atoms with Gasteiger partial charge in [0.1, 0.15) is 0 Å². The molecule has 6 nitrogen and oxygen atoms in total. The third kappa shape index (κ3) is 3.56.